The van der Waals surface area contributed by atoms with E-state index >= 15 is 0 Å². The number of rotatable bonds is 0. The molecule has 0 aromatic carbocycles. The van der Waals surface area contributed by atoms with Crippen molar-refractivity contribution >= 4 is 12.1 Å². The number of hydrogen-bond acceptors (Lipinski definition) is 4. The van der Waals surface area contributed by atoms with E-state index < -0.39 is 12.5 Å². The fraction of sp³-hybridized carbons (Fsp3) is 0.714. The van der Waals surface area contributed by atoms with Crippen LogP contribution in [-0.4, -0.2) is 44.0 Å². The van der Waals surface area contributed by atoms with Crippen LogP contribution in [0.3, 0.4) is 0 Å². The van der Waals surface area contributed by atoms with E-state index in [0.717, 1.165) is 0 Å². The Morgan fingerprint density at radius 1 is 1.62 bits per heavy atom. The second-order valence-electron chi connectivity index (χ2n) is 2.50. The molecule has 1 aliphatic rings. The second kappa shape index (κ2) is 5.34. The lowest BCUT2D eigenvalue weighted by Gasteiger charge is -2.02. The molecule has 0 aromatic heterocycles. The Kier molecular flexibility index (Phi) is 4.79. The molecule has 13 heavy (non-hydrogen) atoms. The Bertz CT molecular complexity index is 195. The summed E-state index contributed by atoms with van der Waals surface area (Å²) in [6, 6.07) is 0. The van der Waals surface area contributed by atoms with Crippen molar-refractivity contribution in [2.24, 2.45) is 0 Å². The summed E-state index contributed by atoms with van der Waals surface area (Å²) in [5.74, 6) is 0.0926. The van der Waals surface area contributed by atoms with Crippen molar-refractivity contribution in [2.45, 2.75) is 13.3 Å². The third-order valence-corrected chi connectivity index (χ3v) is 1.19. The van der Waals surface area contributed by atoms with Gasteiger partial charge in [-0.15, -0.1) is 0 Å². The zero-order valence-corrected chi connectivity index (χ0v) is 7.74. The highest BCUT2D eigenvalue weighted by molar-refractivity contribution is 5.72. The van der Waals surface area contributed by atoms with Gasteiger partial charge in [-0.25, -0.2) is 4.79 Å². The molecular weight excluding hydrogens is 181 g/mol. The third kappa shape index (κ3) is 5.89. The lowest BCUT2D eigenvalue weighted by molar-refractivity contribution is -0.126. The van der Waals surface area contributed by atoms with Crippen LogP contribution in [0.15, 0.2) is 0 Å². The number of amides is 1. The molecule has 1 fully saturated rings. The van der Waals surface area contributed by atoms with Crippen LogP contribution in [0.5, 0.6) is 0 Å². The number of ether oxygens (including phenoxy) is 2. The van der Waals surface area contributed by atoms with Gasteiger partial charge in [-0.1, -0.05) is 0 Å². The Labute approximate surface area is 75.4 Å². The number of nitrogens with zero attached hydrogens (tertiary/aromatic N) is 1. The Morgan fingerprint density at radius 3 is 2.15 bits per heavy atom. The molecule has 0 saturated carbocycles. The smallest absolute Gasteiger partial charge is 0.427 e. The largest absolute Gasteiger partial charge is 0.511 e. The van der Waals surface area contributed by atoms with Crippen LogP contribution in [-0.2, 0) is 14.3 Å². The SMILES string of the molecule is CC(=O)N(C)C.O=C1OCC(F)O1. The predicted molar refractivity (Wildman–Crippen MR) is 41.7 cm³/mol. The molecule has 0 aromatic rings. The van der Waals surface area contributed by atoms with E-state index in [1.165, 1.54) is 11.8 Å². The van der Waals surface area contributed by atoms with E-state index in [-0.39, 0.29) is 12.5 Å². The highest BCUT2D eigenvalue weighted by Crippen LogP contribution is 2.05. The van der Waals surface area contributed by atoms with E-state index in [4.69, 9.17) is 0 Å². The predicted octanol–water partition coefficient (Wildman–Crippen LogP) is 0.543. The molecule has 1 aliphatic heterocycles. The van der Waals surface area contributed by atoms with Gasteiger partial charge in [0.1, 0.15) is 0 Å². The quantitative estimate of drug-likeness (QED) is 0.527. The summed E-state index contributed by atoms with van der Waals surface area (Å²) in [4.78, 5) is 21.4. The van der Waals surface area contributed by atoms with Crippen LogP contribution in [0.1, 0.15) is 6.92 Å². The van der Waals surface area contributed by atoms with Gasteiger partial charge in [0.15, 0.2) is 6.61 Å². The number of alkyl halides is 1. The van der Waals surface area contributed by atoms with Crippen LogP contribution in [0.4, 0.5) is 9.18 Å². The van der Waals surface area contributed by atoms with Crippen molar-refractivity contribution in [1.29, 1.82) is 0 Å². The lowest BCUT2D eigenvalue weighted by atomic mass is 10.7. The molecule has 0 radical (unpaired) electrons. The minimum atomic E-state index is -1.55. The summed E-state index contributed by atoms with van der Waals surface area (Å²) >= 11 is 0. The average molecular weight is 193 g/mol. The molecule has 1 atom stereocenters. The van der Waals surface area contributed by atoms with Gasteiger partial charge in [0, 0.05) is 21.0 Å². The van der Waals surface area contributed by atoms with Crippen molar-refractivity contribution in [2.75, 3.05) is 20.7 Å². The van der Waals surface area contributed by atoms with Crippen molar-refractivity contribution in [1.82, 2.24) is 4.90 Å². The first-order valence-electron chi connectivity index (χ1n) is 3.59. The minimum Gasteiger partial charge on any atom is -0.427 e. The third-order valence-electron chi connectivity index (χ3n) is 1.19. The van der Waals surface area contributed by atoms with Gasteiger partial charge in [0.05, 0.1) is 0 Å². The Hall–Kier alpha value is -1.33. The first-order chi connectivity index (χ1) is 5.93. The van der Waals surface area contributed by atoms with Crippen molar-refractivity contribution < 1.29 is 23.5 Å². The van der Waals surface area contributed by atoms with Crippen LogP contribution < -0.4 is 0 Å². The summed E-state index contributed by atoms with van der Waals surface area (Å²) in [6.07, 6.45) is -2.47. The van der Waals surface area contributed by atoms with Gasteiger partial charge in [0.25, 0.3) is 6.36 Å². The molecule has 1 amide bonds. The second-order valence-corrected chi connectivity index (χ2v) is 2.50. The normalized spacial score (nSPS) is 19.4. The fourth-order valence-electron chi connectivity index (χ4n) is 0.306. The van der Waals surface area contributed by atoms with E-state index in [2.05, 4.69) is 9.47 Å². The molecule has 1 rings (SSSR count). The zero-order chi connectivity index (χ0) is 10.4. The number of carbonyl (C=O) groups is 2. The average Bonchev–Trinajstić information content (AvgIpc) is 2.35. The lowest BCUT2D eigenvalue weighted by Crippen LogP contribution is -2.17. The summed E-state index contributed by atoms with van der Waals surface area (Å²) in [6.45, 7) is 1.26. The zero-order valence-electron chi connectivity index (χ0n) is 7.74. The molecule has 1 saturated heterocycles. The molecule has 0 bridgehead atoms. The van der Waals surface area contributed by atoms with Gasteiger partial charge in [-0.05, 0) is 0 Å². The highest BCUT2D eigenvalue weighted by atomic mass is 19.1. The van der Waals surface area contributed by atoms with Crippen LogP contribution in [0.25, 0.3) is 0 Å². The van der Waals surface area contributed by atoms with E-state index in [1.54, 1.807) is 14.1 Å². The molecule has 0 spiro atoms. The van der Waals surface area contributed by atoms with Crippen molar-refractivity contribution in [3.05, 3.63) is 0 Å². The molecule has 0 aliphatic carbocycles. The van der Waals surface area contributed by atoms with Gasteiger partial charge in [-0.2, -0.15) is 4.39 Å². The minimum absolute atomic E-state index is 0.0926. The topological polar surface area (TPSA) is 55.8 Å². The number of carbonyl (C=O) groups excluding carboxylic acids is 2. The van der Waals surface area contributed by atoms with Gasteiger partial charge >= 0.3 is 6.16 Å². The molecule has 1 unspecified atom stereocenters. The van der Waals surface area contributed by atoms with Crippen molar-refractivity contribution in [3.8, 4) is 0 Å². The first kappa shape index (κ1) is 11.7. The number of halogens is 1. The van der Waals surface area contributed by atoms with Crippen LogP contribution >= 0.6 is 0 Å². The molecule has 76 valence electrons. The maximum absolute atomic E-state index is 11.6. The maximum Gasteiger partial charge on any atom is 0.511 e. The Morgan fingerprint density at radius 2 is 2.08 bits per heavy atom. The summed E-state index contributed by atoms with van der Waals surface area (Å²) in [5.41, 5.74) is 0. The standard InChI is InChI=1S/C4H9NO.C3H3FO3/c1-4(6)5(2)3;4-2-1-6-3(5)7-2/h1-3H3;2H,1H2. The number of cyclic esters (lactones) is 2. The summed E-state index contributed by atoms with van der Waals surface area (Å²) < 4.78 is 19.5. The monoisotopic (exact) mass is 193 g/mol. The van der Waals surface area contributed by atoms with E-state index in [0.29, 0.717) is 0 Å². The summed E-state index contributed by atoms with van der Waals surface area (Å²) in [7, 11) is 3.45. The highest BCUT2D eigenvalue weighted by Gasteiger charge is 2.23. The van der Waals surface area contributed by atoms with Gasteiger partial charge in [0.2, 0.25) is 5.91 Å². The molecule has 6 heteroatoms. The molecule has 1 heterocycles. The molecular formula is C7H12FNO4. The van der Waals surface area contributed by atoms with E-state index in [9.17, 15) is 14.0 Å². The van der Waals surface area contributed by atoms with Gasteiger partial charge < -0.3 is 14.4 Å². The molecule has 0 N–H and O–H groups in total. The van der Waals surface area contributed by atoms with Crippen LogP contribution in [0.2, 0.25) is 0 Å². The van der Waals surface area contributed by atoms with Crippen molar-refractivity contribution in [3.63, 3.8) is 0 Å². The molecule has 5 nitrogen and oxygen atoms in total. The summed E-state index contributed by atoms with van der Waals surface area (Å²) in [5, 5.41) is 0. The Balaban J connectivity index is 0.000000226. The van der Waals surface area contributed by atoms with Crippen LogP contribution in [0, 0.1) is 0 Å². The van der Waals surface area contributed by atoms with E-state index in [1.807, 2.05) is 0 Å². The number of hydrogen-bond donors (Lipinski definition) is 0. The first-order valence-corrected chi connectivity index (χ1v) is 3.59. The van der Waals surface area contributed by atoms with Gasteiger partial charge in [-0.3, -0.25) is 4.79 Å². The fourth-order valence-corrected chi connectivity index (χ4v) is 0.306. The maximum atomic E-state index is 11.6.